The van der Waals surface area contributed by atoms with Gasteiger partial charge in [-0.2, -0.15) is 0 Å². The minimum Gasteiger partial charge on any atom is -0.494 e. The van der Waals surface area contributed by atoms with Crippen LogP contribution in [0, 0.1) is 0 Å². The second-order valence-corrected chi connectivity index (χ2v) is 4.81. The zero-order valence-corrected chi connectivity index (χ0v) is 11.8. The van der Waals surface area contributed by atoms with Crippen LogP contribution in [0.4, 0.5) is 0 Å². The molecule has 1 aromatic rings. The fraction of sp³-hybridized carbons (Fsp3) is 0.533. The lowest BCUT2D eigenvalue weighted by molar-refractivity contribution is -0.139. The van der Waals surface area contributed by atoms with Gasteiger partial charge in [-0.05, 0) is 30.2 Å². The van der Waals surface area contributed by atoms with Crippen molar-refractivity contribution in [3.05, 3.63) is 29.8 Å². The highest BCUT2D eigenvalue weighted by molar-refractivity contribution is 5.73. The highest BCUT2D eigenvalue weighted by atomic mass is 16.5. The van der Waals surface area contributed by atoms with Crippen molar-refractivity contribution in [3.8, 4) is 5.75 Å². The number of benzene rings is 1. The molecule has 19 heavy (non-hydrogen) atoms. The summed E-state index contributed by atoms with van der Waals surface area (Å²) in [4.78, 5) is 10.9. The Morgan fingerprint density at radius 3 is 2.42 bits per heavy atom. The van der Waals surface area contributed by atoms with Crippen LogP contribution in [-0.2, 0) is 4.79 Å². The molecule has 4 heteroatoms. The largest absolute Gasteiger partial charge is 0.494 e. The SMILES string of the molecule is CCNC(CCOc1ccc(C(C)C)cc1)C(=O)O. The van der Waals surface area contributed by atoms with Crippen molar-refractivity contribution in [2.24, 2.45) is 0 Å². The normalized spacial score (nSPS) is 12.4. The zero-order valence-electron chi connectivity index (χ0n) is 11.8. The first-order chi connectivity index (χ1) is 9.04. The molecular weight excluding hydrogens is 242 g/mol. The third-order valence-corrected chi connectivity index (χ3v) is 2.97. The molecule has 0 amide bonds. The maximum absolute atomic E-state index is 10.9. The van der Waals surface area contributed by atoms with E-state index in [0.29, 0.717) is 25.5 Å². The average molecular weight is 265 g/mol. The Morgan fingerprint density at radius 2 is 1.95 bits per heavy atom. The van der Waals surface area contributed by atoms with Gasteiger partial charge >= 0.3 is 5.97 Å². The van der Waals surface area contributed by atoms with Crippen molar-refractivity contribution in [1.29, 1.82) is 0 Å². The van der Waals surface area contributed by atoms with Crippen molar-refractivity contribution >= 4 is 5.97 Å². The molecule has 0 saturated heterocycles. The molecule has 0 aromatic heterocycles. The maximum Gasteiger partial charge on any atom is 0.320 e. The molecule has 0 aliphatic rings. The monoisotopic (exact) mass is 265 g/mol. The van der Waals surface area contributed by atoms with Crippen LogP contribution in [0.15, 0.2) is 24.3 Å². The summed E-state index contributed by atoms with van der Waals surface area (Å²) in [6, 6.07) is 7.40. The first-order valence-electron chi connectivity index (χ1n) is 6.73. The lowest BCUT2D eigenvalue weighted by Gasteiger charge is -2.14. The van der Waals surface area contributed by atoms with E-state index in [0.717, 1.165) is 5.75 Å². The van der Waals surface area contributed by atoms with Crippen molar-refractivity contribution in [2.75, 3.05) is 13.2 Å². The van der Waals surface area contributed by atoms with Crippen LogP contribution in [0.1, 0.15) is 38.7 Å². The van der Waals surface area contributed by atoms with Gasteiger partial charge in [0.25, 0.3) is 0 Å². The van der Waals surface area contributed by atoms with E-state index in [2.05, 4.69) is 19.2 Å². The zero-order chi connectivity index (χ0) is 14.3. The molecule has 2 N–H and O–H groups in total. The molecule has 0 aliphatic carbocycles. The van der Waals surface area contributed by atoms with E-state index < -0.39 is 12.0 Å². The summed E-state index contributed by atoms with van der Waals surface area (Å²) in [5.41, 5.74) is 1.27. The minimum atomic E-state index is -0.833. The Labute approximate surface area is 114 Å². The standard InChI is InChI=1S/C15H23NO3/c1-4-16-14(15(17)18)9-10-19-13-7-5-12(6-8-13)11(2)3/h5-8,11,14,16H,4,9-10H2,1-3H3,(H,17,18). The second kappa shape index (κ2) is 7.79. The molecule has 0 radical (unpaired) electrons. The smallest absolute Gasteiger partial charge is 0.320 e. The number of carboxylic acid groups (broad SMARTS) is 1. The summed E-state index contributed by atoms with van der Waals surface area (Å²) in [6.07, 6.45) is 0.453. The summed E-state index contributed by atoms with van der Waals surface area (Å²) < 4.78 is 5.56. The van der Waals surface area contributed by atoms with Crippen molar-refractivity contribution in [3.63, 3.8) is 0 Å². The van der Waals surface area contributed by atoms with Crippen LogP contribution in [0.3, 0.4) is 0 Å². The number of rotatable bonds is 8. The van der Waals surface area contributed by atoms with Crippen LogP contribution in [-0.4, -0.2) is 30.3 Å². The van der Waals surface area contributed by atoms with Gasteiger partial charge in [0, 0.05) is 6.42 Å². The lowest BCUT2D eigenvalue weighted by atomic mass is 10.0. The molecule has 0 heterocycles. The third kappa shape index (κ3) is 5.30. The van der Waals surface area contributed by atoms with E-state index >= 15 is 0 Å². The molecule has 0 spiro atoms. The summed E-state index contributed by atoms with van der Waals surface area (Å²) in [5.74, 6) is 0.449. The Balaban J connectivity index is 2.41. The second-order valence-electron chi connectivity index (χ2n) is 4.81. The van der Waals surface area contributed by atoms with Gasteiger partial charge in [0.1, 0.15) is 11.8 Å². The van der Waals surface area contributed by atoms with E-state index in [1.165, 1.54) is 5.56 Å². The number of hydrogen-bond donors (Lipinski definition) is 2. The Hall–Kier alpha value is -1.55. The van der Waals surface area contributed by atoms with Crippen molar-refractivity contribution in [2.45, 2.75) is 39.2 Å². The molecule has 0 bridgehead atoms. The maximum atomic E-state index is 10.9. The highest BCUT2D eigenvalue weighted by Gasteiger charge is 2.15. The summed E-state index contributed by atoms with van der Waals surface area (Å²) in [7, 11) is 0. The van der Waals surface area contributed by atoms with Gasteiger partial charge in [-0.15, -0.1) is 0 Å². The number of nitrogens with one attached hydrogen (secondary N) is 1. The third-order valence-electron chi connectivity index (χ3n) is 2.97. The van der Waals surface area contributed by atoms with E-state index in [1.807, 2.05) is 31.2 Å². The van der Waals surface area contributed by atoms with E-state index in [1.54, 1.807) is 0 Å². The van der Waals surface area contributed by atoms with Gasteiger partial charge in [-0.25, -0.2) is 0 Å². The number of hydrogen-bond acceptors (Lipinski definition) is 3. The molecule has 0 saturated carbocycles. The van der Waals surface area contributed by atoms with E-state index in [9.17, 15) is 4.79 Å². The fourth-order valence-corrected chi connectivity index (χ4v) is 1.80. The molecule has 4 nitrogen and oxygen atoms in total. The first kappa shape index (κ1) is 15.5. The molecule has 1 rings (SSSR count). The number of carboxylic acids is 1. The van der Waals surface area contributed by atoms with Gasteiger partial charge < -0.3 is 15.2 Å². The summed E-state index contributed by atoms with van der Waals surface area (Å²) in [6.45, 7) is 7.21. The topological polar surface area (TPSA) is 58.6 Å². The number of carbonyl (C=O) groups is 1. The van der Waals surface area contributed by atoms with Gasteiger partial charge in [-0.1, -0.05) is 32.9 Å². The van der Waals surface area contributed by atoms with Crippen molar-refractivity contribution < 1.29 is 14.6 Å². The lowest BCUT2D eigenvalue weighted by Crippen LogP contribution is -2.37. The number of aliphatic carboxylic acids is 1. The van der Waals surface area contributed by atoms with E-state index in [-0.39, 0.29) is 0 Å². The molecule has 106 valence electrons. The predicted molar refractivity (Wildman–Crippen MR) is 75.7 cm³/mol. The van der Waals surface area contributed by atoms with Crippen LogP contribution < -0.4 is 10.1 Å². The minimum absolute atomic E-state index is 0.394. The number of ether oxygens (including phenoxy) is 1. The van der Waals surface area contributed by atoms with Gasteiger partial charge in [0.05, 0.1) is 6.61 Å². The Kier molecular flexibility index (Phi) is 6.36. The van der Waals surface area contributed by atoms with Crippen LogP contribution >= 0.6 is 0 Å². The highest BCUT2D eigenvalue weighted by Crippen LogP contribution is 2.18. The number of likely N-dealkylation sites (N-methyl/N-ethyl adjacent to an activating group) is 1. The Bertz CT molecular complexity index is 387. The van der Waals surface area contributed by atoms with Gasteiger partial charge in [0.15, 0.2) is 0 Å². The molecule has 1 atom stereocenters. The summed E-state index contributed by atoms with van der Waals surface area (Å²) in [5, 5.41) is 11.9. The van der Waals surface area contributed by atoms with E-state index in [4.69, 9.17) is 9.84 Å². The predicted octanol–water partition coefficient (Wildman–Crippen LogP) is 2.64. The molecule has 0 aliphatic heterocycles. The van der Waals surface area contributed by atoms with Crippen LogP contribution in [0.2, 0.25) is 0 Å². The average Bonchev–Trinajstić information content (AvgIpc) is 2.38. The molecule has 1 unspecified atom stereocenters. The summed E-state index contributed by atoms with van der Waals surface area (Å²) >= 11 is 0. The van der Waals surface area contributed by atoms with Gasteiger partial charge in [-0.3, -0.25) is 4.79 Å². The fourth-order valence-electron chi connectivity index (χ4n) is 1.80. The quantitative estimate of drug-likeness (QED) is 0.758. The van der Waals surface area contributed by atoms with Crippen molar-refractivity contribution in [1.82, 2.24) is 5.32 Å². The van der Waals surface area contributed by atoms with Crippen LogP contribution in [0.5, 0.6) is 5.75 Å². The van der Waals surface area contributed by atoms with Gasteiger partial charge in [0.2, 0.25) is 0 Å². The Morgan fingerprint density at radius 1 is 1.32 bits per heavy atom. The molecule has 1 aromatic carbocycles. The molecular formula is C15H23NO3. The van der Waals surface area contributed by atoms with Crippen LogP contribution in [0.25, 0.3) is 0 Å². The first-order valence-corrected chi connectivity index (χ1v) is 6.73. The molecule has 0 fully saturated rings.